The average Bonchev–Trinajstić information content (AvgIpc) is 2.82. The third kappa shape index (κ3) is 10.6. The summed E-state index contributed by atoms with van der Waals surface area (Å²) in [5.74, 6) is -1.30. The molecule has 0 N–H and O–H groups in total. The van der Waals surface area contributed by atoms with Crippen molar-refractivity contribution in [3.8, 4) is 0 Å². The van der Waals surface area contributed by atoms with Gasteiger partial charge in [-0.15, -0.1) is 0 Å². The van der Waals surface area contributed by atoms with E-state index in [1.807, 2.05) is 0 Å². The van der Waals surface area contributed by atoms with Gasteiger partial charge in [-0.25, -0.2) is 9.59 Å². The van der Waals surface area contributed by atoms with E-state index in [0.29, 0.717) is 44.3 Å². The maximum absolute atomic E-state index is 13.0. The summed E-state index contributed by atoms with van der Waals surface area (Å²) in [4.78, 5) is 38.1. The predicted molar refractivity (Wildman–Crippen MR) is 134 cm³/mol. The molecule has 34 heavy (non-hydrogen) atoms. The second-order valence-electron chi connectivity index (χ2n) is 10.1. The summed E-state index contributed by atoms with van der Waals surface area (Å²) in [5.41, 5.74) is -1.45. The first-order chi connectivity index (χ1) is 16.3. The second kappa shape index (κ2) is 16.7. The molecule has 6 nitrogen and oxygen atoms in total. The molecule has 0 aromatic rings. The summed E-state index contributed by atoms with van der Waals surface area (Å²) in [6, 6.07) is 0. The number of hydrogen-bond acceptors (Lipinski definition) is 6. The van der Waals surface area contributed by atoms with Gasteiger partial charge in [0.2, 0.25) is 5.60 Å². The predicted octanol–water partition coefficient (Wildman–Crippen LogP) is 6.55. The van der Waals surface area contributed by atoms with Gasteiger partial charge in [0.15, 0.2) is 0 Å². The van der Waals surface area contributed by atoms with E-state index in [1.54, 1.807) is 0 Å². The van der Waals surface area contributed by atoms with Crippen LogP contribution in [0.1, 0.15) is 111 Å². The topological polar surface area (TPSA) is 78.9 Å². The lowest BCUT2D eigenvalue weighted by Crippen LogP contribution is -2.49. The Balaban J connectivity index is 2.75. The highest BCUT2D eigenvalue weighted by molar-refractivity contribution is 5.88. The maximum atomic E-state index is 13.0. The minimum atomic E-state index is -1.45. The molecule has 3 unspecified atom stereocenters. The van der Waals surface area contributed by atoms with Crippen molar-refractivity contribution in [2.75, 3.05) is 13.2 Å². The molecule has 196 valence electrons. The normalized spacial score (nSPS) is 21.0. The highest BCUT2D eigenvalue weighted by Crippen LogP contribution is 2.38. The highest BCUT2D eigenvalue weighted by atomic mass is 16.6. The zero-order valence-electron chi connectivity index (χ0n) is 22.1. The Morgan fingerprint density at radius 2 is 1.68 bits per heavy atom. The number of carbonyl (C=O) groups is 3. The van der Waals surface area contributed by atoms with Gasteiger partial charge >= 0.3 is 17.9 Å². The van der Waals surface area contributed by atoms with Crippen molar-refractivity contribution in [3.05, 3.63) is 12.7 Å². The Kier molecular flexibility index (Phi) is 14.8. The van der Waals surface area contributed by atoms with Crippen LogP contribution in [0, 0.1) is 17.8 Å². The molecule has 6 heteroatoms. The van der Waals surface area contributed by atoms with Gasteiger partial charge in [-0.05, 0) is 43.9 Å². The standard InChI is InChI=1S/C28H48O6/c1-6-9-11-12-14-19-32-27(31)28(34-25(29)8-3)18-15-17-23(20-28)26(30)33-21-24(22(4)5)16-13-10-7-2/h8,22-24H,3,6-7,9-21H2,1-2,4-5H3. The van der Waals surface area contributed by atoms with E-state index in [9.17, 15) is 14.4 Å². The molecule has 0 heterocycles. The first kappa shape index (κ1) is 30.2. The van der Waals surface area contributed by atoms with Crippen molar-refractivity contribution in [1.29, 1.82) is 0 Å². The van der Waals surface area contributed by atoms with Crippen molar-refractivity contribution in [2.24, 2.45) is 17.8 Å². The first-order valence-electron chi connectivity index (χ1n) is 13.5. The molecule has 0 aliphatic heterocycles. The fraction of sp³-hybridized carbons (Fsp3) is 0.821. The number of rotatable bonds is 17. The van der Waals surface area contributed by atoms with Gasteiger partial charge in [-0.3, -0.25) is 4.79 Å². The molecular formula is C28H48O6. The van der Waals surface area contributed by atoms with Crippen LogP contribution < -0.4 is 0 Å². The van der Waals surface area contributed by atoms with Crippen LogP contribution >= 0.6 is 0 Å². The summed E-state index contributed by atoms with van der Waals surface area (Å²) in [6.45, 7) is 12.8. The Morgan fingerprint density at radius 1 is 1.00 bits per heavy atom. The van der Waals surface area contributed by atoms with Crippen LogP contribution in [0.25, 0.3) is 0 Å². The van der Waals surface area contributed by atoms with Crippen molar-refractivity contribution >= 4 is 17.9 Å². The number of carbonyl (C=O) groups excluding carboxylic acids is 3. The van der Waals surface area contributed by atoms with Crippen LogP contribution in [0.15, 0.2) is 12.7 Å². The Morgan fingerprint density at radius 3 is 2.32 bits per heavy atom. The van der Waals surface area contributed by atoms with E-state index >= 15 is 0 Å². The summed E-state index contributed by atoms with van der Waals surface area (Å²) in [6.07, 6.45) is 12.4. The second-order valence-corrected chi connectivity index (χ2v) is 10.1. The van der Waals surface area contributed by atoms with E-state index in [4.69, 9.17) is 14.2 Å². The van der Waals surface area contributed by atoms with Crippen molar-refractivity contribution in [3.63, 3.8) is 0 Å². The number of unbranched alkanes of at least 4 members (excludes halogenated alkanes) is 6. The zero-order chi connectivity index (χ0) is 25.4. The quantitative estimate of drug-likeness (QED) is 0.102. The lowest BCUT2D eigenvalue weighted by atomic mass is 9.77. The molecule has 1 fully saturated rings. The molecule has 0 bridgehead atoms. The van der Waals surface area contributed by atoms with Gasteiger partial charge in [0, 0.05) is 12.5 Å². The first-order valence-corrected chi connectivity index (χ1v) is 13.5. The monoisotopic (exact) mass is 480 g/mol. The SMILES string of the molecule is C=CC(=O)OC1(C(=O)OCCCCCCC)CCCC(C(=O)OCC(CCCCC)C(C)C)C1. The molecule has 1 aliphatic rings. The van der Waals surface area contributed by atoms with Crippen molar-refractivity contribution < 1.29 is 28.6 Å². The van der Waals surface area contributed by atoms with E-state index < -0.39 is 23.5 Å². The lowest BCUT2D eigenvalue weighted by molar-refractivity contribution is -0.188. The van der Waals surface area contributed by atoms with E-state index in [2.05, 4.69) is 34.3 Å². The van der Waals surface area contributed by atoms with Crippen LogP contribution in [0.4, 0.5) is 0 Å². The molecule has 0 spiro atoms. The Hall–Kier alpha value is -1.85. The molecular weight excluding hydrogens is 432 g/mol. The highest BCUT2D eigenvalue weighted by Gasteiger charge is 2.49. The van der Waals surface area contributed by atoms with Gasteiger partial charge in [0.25, 0.3) is 0 Å². The van der Waals surface area contributed by atoms with E-state index in [-0.39, 0.29) is 12.4 Å². The van der Waals surface area contributed by atoms with Crippen LogP contribution in [-0.2, 0) is 28.6 Å². The molecule has 0 saturated heterocycles. The smallest absolute Gasteiger partial charge is 0.350 e. The van der Waals surface area contributed by atoms with Crippen molar-refractivity contribution in [1.82, 2.24) is 0 Å². The zero-order valence-corrected chi connectivity index (χ0v) is 22.1. The third-order valence-corrected chi connectivity index (χ3v) is 6.92. The number of hydrogen-bond donors (Lipinski definition) is 0. The Labute approximate surface area is 207 Å². The average molecular weight is 481 g/mol. The van der Waals surface area contributed by atoms with E-state index in [0.717, 1.165) is 57.4 Å². The van der Waals surface area contributed by atoms with E-state index in [1.165, 1.54) is 6.42 Å². The van der Waals surface area contributed by atoms with Crippen LogP contribution in [0.2, 0.25) is 0 Å². The van der Waals surface area contributed by atoms with Gasteiger partial charge in [-0.1, -0.05) is 79.2 Å². The van der Waals surface area contributed by atoms with Crippen LogP contribution in [0.5, 0.6) is 0 Å². The molecule has 0 aromatic carbocycles. The molecule has 0 aromatic heterocycles. The molecule has 3 atom stereocenters. The van der Waals surface area contributed by atoms with Gasteiger partial charge in [0.05, 0.1) is 19.1 Å². The molecule has 1 saturated carbocycles. The van der Waals surface area contributed by atoms with Crippen LogP contribution in [-0.4, -0.2) is 36.7 Å². The van der Waals surface area contributed by atoms with Gasteiger partial charge in [0.1, 0.15) is 0 Å². The molecule has 1 aliphatic carbocycles. The van der Waals surface area contributed by atoms with Gasteiger partial charge in [-0.2, -0.15) is 0 Å². The maximum Gasteiger partial charge on any atom is 0.350 e. The minimum absolute atomic E-state index is 0.0995. The molecule has 0 radical (unpaired) electrons. The number of ether oxygens (including phenoxy) is 3. The van der Waals surface area contributed by atoms with Crippen molar-refractivity contribution in [2.45, 2.75) is 117 Å². The lowest BCUT2D eigenvalue weighted by Gasteiger charge is -2.37. The largest absolute Gasteiger partial charge is 0.465 e. The fourth-order valence-electron chi connectivity index (χ4n) is 4.57. The summed E-state index contributed by atoms with van der Waals surface area (Å²) >= 11 is 0. The van der Waals surface area contributed by atoms with Crippen LogP contribution in [0.3, 0.4) is 0 Å². The Bertz CT molecular complexity index is 628. The summed E-state index contributed by atoms with van der Waals surface area (Å²) in [7, 11) is 0. The van der Waals surface area contributed by atoms with Gasteiger partial charge < -0.3 is 14.2 Å². The molecule has 0 amide bonds. The minimum Gasteiger partial charge on any atom is -0.465 e. The molecule has 1 rings (SSSR count). The third-order valence-electron chi connectivity index (χ3n) is 6.92. The summed E-state index contributed by atoms with van der Waals surface area (Å²) in [5, 5.41) is 0. The fourth-order valence-corrected chi connectivity index (χ4v) is 4.57. The summed E-state index contributed by atoms with van der Waals surface area (Å²) < 4.78 is 16.8. The number of esters is 3.